The molecule has 3 aromatic rings. The largest absolute Gasteiger partial charge is 0.494 e. The van der Waals surface area contributed by atoms with Gasteiger partial charge in [0, 0.05) is 44.2 Å². The van der Waals surface area contributed by atoms with Crippen molar-refractivity contribution >= 4 is 5.91 Å². The number of carbonyl (C=O) groups excluding carboxylic acids is 1. The lowest BCUT2D eigenvalue weighted by Gasteiger charge is -2.16. The second-order valence-corrected chi connectivity index (χ2v) is 7.73. The SMILES string of the molecule is CCOc1ccc(CC(=O)N(C)CCc2noc(-c3nn(CC)c4c3COCC4)n2)cc1. The van der Waals surface area contributed by atoms with Gasteiger partial charge in [0.05, 0.1) is 26.2 Å². The van der Waals surface area contributed by atoms with E-state index in [1.807, 2.05) is 35.9 Å². The Labute approximate surface area is 187 Å². The molecule has 0 fully saturated rings. The molecule has 32 heavy (non-hydrogen) atoms. The lowest BCUT2D eigenvalue weighted by Crippen LogP contribution is -2.30. The Kier molecular flexibility index (Phi) is 6.84. The zero-order chi connectivity index (χ0) is 22.5. The van der Waals surface area contributed by atoms with Crippen LogP contribution in [0.1, 0.15) is 36.5 Å². The number of benzene rings is 1. The molecule has 1 aromatic carbocycles. The number of amides is 1. The summed E-state index contributed by atoms with van der Waals surface area (Å²) in [6.07, 6.45) is 1.67. The summed E-state index contributed by atoms with van der Waals surface area (Å²) < 4.78 is 18.5. The highest BCUT2D eigenvalue weighted by Crippen LogP contribution is 2.28. The van der Waals surface area contributed by atoms with Crippen LogP contribution in [0.25, 0.3) is 11.6 Å². The van der Waals surface area contributed by atoms with Gasteiger partial charge in [-0.25, -0.2) is 0 Å². The average Bonchev–Trinajstić information content (AvgIpc) is 3.43. The number of hydrogen-bond donors (Lipinski definition) is 0. The monoisotopic (exact) mass is 439 g/mol. The van der Waals surface area contributed by atoms with Gasteiger partial charge in [-0.15, -0.1) is 0 Å². The first kappa shape index (κ1) is 22.0. The number of ether oxygens (including phenoxy) is 2. The Bertz CT molecular complexity index is 1060. The second kappa shape index (κ2) is 9.95. The highest BCUT2D eigenvalue weighted by atomic mass is 16.5. The van der Waals surface area contributed by atoms with Crippen LogP contribution < -0.4 is 4.74 Å². The van der Waals surface area contributed by atoms with E-state index in [9.17, 15) is 4.79 Å². The molecule has 0 unspecified atom stereocenters. The fraction of sp³-hybridized carbons (Fsp3) is 0.478. The predicted molar refractivity (Wildman–Crippen MR) is 117 cm³/mol. The summed E-state index contributed by atoms with van der Waals surface area (Å²) in [5, 5.41) is 8.74. The molecule has 1 aliphatic rings. The van der Waals surface area contributed by atoms with Crippen molar-refractivity contribution in [2.45, 2.75) is 46.3 Å². The van der Waals surface area contributed by atoms with Crippen LogP contribution in [0.3, 0.4) is 0 Å². The van der Waals surface area contributed by atoms with Crippen LogP contribution in [0.4, 0.5) is 0 Å². The van der Waals surface area contributed by atoms with E-state index in [4.69, 9.17) is 14.0 Å². The zero-order valence-electron chi connectivity index (χ0n) is 18.8. The molecule has 0 N–H and O–H groups in total. The van der Waals surface area contributed by atoms with Crippen LogP contribution in [0.15, 0.2) is 28.8 Å². The number of aryl methyl sites for hydroxylation is 1. The fourth-order valence-electron chi connectivity index (χ4n) is 3.77. The number of hydrogen-bond acceptors (Lipinski definition) is 7. The summed E-state index contributed by atoms with van der Waals surface area (Å²) >= 11 is 0. The van der Waals surface area contributed by atoms with Gasteiger partial charge in [0.15, 0.2) is 11.5 Å². The van der Waals surface area contributed by atoms with Gasteiger partial charge in [-0.05, 0) is 31.5 Å². The minimum absolute atomic E-state index is 0.0331. The van der Waals surface area contributed by atoms with Crippen LogP contribution in [-0.4, -0.2) is 57.5 Å². The topological polar surface area (TPSA) is 95.5 Å². The minimum Gasteiger partial charge on any atom is -0.494 e. The van der Waals surface area contributed by atoms with Crippen molar-refractivity contribution in [1.82, 2.24) is 24.8 Å². The predicted octanol–water partition coefficient (Wildman–Crippen LogP) is 2.67. The van der Waals surface area contributed by atoms with E-state index in [-0.39, 0.29) is 5.91 Å². The van der Waals surface area contributed by atoms with Gasteiger partial charge in [-0.1, -0.05) is 17.3 Å². The molecule has 0 radical (unpaired) electrons. The van der Waals surface area contributed by atoms with Crippen molar-refractivity contribution in [2.75, 3.05) is 26.8 Å². The quantitative estimate of drug-likeness (QED) is 0.506. The highest BCUT2D eigenvalue weighted by Gasteiger charge is 2.25. The number of rotatable bonds is 9. The molecule has 9 heteroatoms. The third-order valence-corrected chi connectivity index (χ3v) is 5.55. The molecule has 0 saturated carbocycles. The van der Waals surface area contributed by atoms with Crippen molar-refractivity contribution in [2.24, 2.45) is 0 Å². The van der Waals surface area contributed by atoms with Crippen molar-refractivity contribution in [3.63, 3.8) is 0 Å². The summed E-state index contributed by atoms with van der Waals surface area (Å²) in [6.45, 7) is 7.11. The summed E-state index contributed by atoms with van der Waals surface area (Å²) in [4.78, 5) is 18.8. The normalized spacial score (nSPS) is 13.1. The third-order valence-electron chi connectivity index (χ3n) is 5.55. The number of aromatic nitrogens is 4. The molecule has 0 bridgehead atoms. The summed E-state index contributed by atoms with van der Waals surface area (Å²) in [7, 11) is 1.79. The molecular formula is C23H29N5O4. The molecule has 1 aliphatic heterocycles. The van der Waals surface area contributed by atoms with Crippen LogP contribution in [0, 0.1) is 0 Å². The van der Waals surface area contributed by atoms with Crippen LogP contribution in [0.2, 0.25) is 0 Å². The molecule has 2 aromatic heterocycles. The van der Waals surface area contributed by atoms with E-state index >= 15 is 0 Å². The van der Waals surface area contributed by atoms with Gasteiger partial charge in [-0.2, -0.15) is 10.1 Å². The number of likely N-dealkylation sites (N-methyl/N-ethyl adjacent to an activating group) is 1. The molecule has 0 spiro atoms. The molecular weight excluding hydrogens is 410 g/mol. The Balaban J connectivity index is 1.35. The van der Waals surface area contributed by atoms with E-state index in [0.29, 0.717) is 56.6 Å². The first-order chi connectivity index (χ1) is 15.6. The third kappa shape index (κ3) is 4.83. The molecule has 4 rings (SSSR count). The first-order valence-corrected chi connectivity index (χ1v) is 11.0. The van der Waals surface area contributed by atoms with E-state index in [1.54, 1.807) is 11.9 Å². The first-order valence-electron chi connectivity index (χ1n) is 11.0. The second-order valence-electron chi connectivity index (χ2n) is 7.73. The molecule has 0 aliphatic carbocycles. The minimum atomic E-state index is 0.0331. The van der Waals surface area contributed by atoms with Gasteiger partial charge in [-0.3, -0.25) is 9.48 Å². The van der Waals surface area contributed by atoms with Crippen molar-refractivity contribution in [3.05, 3.63) is 46.9 Å². The lowest BCUT2D eigenvalue weighted by atomic mass is 10.1. The van der Waals surface area contributed by atoms with E-state index < -0.39 is 0 Å². The summed E-state index contributed by atoms with van der Waals surface area (Å²) in [5.41, 5.74) is 3.84. The lowest BCUT2D eigenvalue weighted by molar-refractivity contribution is -0.129. The van der Waals surface area contributed by atoms with Crippen LogP contribution in [0.5, 0.6) is 5.75 Å². The summed E-state index contributed by atoms with van der Waals surface area (Å²) in [6, 6.07) is 7.61. The Morgan fingerprint density at radius 2 is 2.06 bits per heavy atom. The van der Waals surface area contributed by atoms with Gasteiger partial charge < -0.3 is 18.9 Å². The molecule has 9 nitrogen and oxygen atoms in total. The van der Waals surface area contributed by atoms with E-state index in [2.05, 4.69) is 22.2 Å². The maximum Gasteiger partial charge on any atom is 0.278 e. The van der Waals surface area contributed by atoms with Gasteiger partial charge in [0.25, 0.3) is 5.89 Å². The van der Waals surface area contributed by atoms with Crippen molar-refractivity contribution in [1.29, 1.82) is 0 Å². The number of nitrogens with zero attached hydrogens (tertiary/aromatic N) is 5. The van der Waals surface area contributed by atoms with E-state index in [1.165, 1.54) is 5.69 Å². The van der Waals surface area contributed by atoms with E-state index in [0.717, 1.165) is 29.8 Å². The highest BCUT2D eigenvalue weighted by molar-refractivity contribution is 5.78. The van der Waals surface area contributed by atoms with Gasteiger partial charge >= 0.3 is 0 Å². The van der Waals surface area contributed by atoms with Gasteiger partial charge in [0.1, 0.15) is 5.75 Å². The van der Waals surface area contributed by atoms with Gasteiger partial charge in [0.2, 0.25) is 5.91 Å². The number of carbonyl (C=O) groups is 1. The smallest absolute Gasteiger partial charge is 0.278 e. The molecule has 0 atom stereocenters. The standard InChI is InChI=1S/C23H29N5O4/c1-4-28-19-11-13-30-15-18(19)22(25-28)23-24-20(26-32-23)10-12-27(3)21(29)14-16-6-8-17(9-7-16)31-5-2/h6-9H,4-5,10-15H2,1-3H3. The molecule has 1 amide bonds. The number of fused-ring (bicyclic) bond motifs is 1. The molecule has 0 saturated heterocycles. The summed E-state index contributed by atoms with van der Waals surface area (Å²) in [5.74, 6) is 1.79. The zero-order valence-corrected chi connectivity index (χ0v) is 18.8. The maximum atomic E-state index is 12.6. The van der Waals surface area contributed by atoms with Crippen molar-refractivity contribution < 1.29 is 18.8 Å². The Hall–Kier alpha value is -3.20. The fourth-order valence-corrected chi connectivity index (χ4v) is 3.77. The molecule has 3 heterocycles. The molecule has 170 valence electrons. The maximum absolute atomic E-state index is 12.6. The van der Waals surface area contributed by atoms with Crippen LogP contribution >= 0.6 is 0 Å². The van der Waals surface area contributed by atoms with Crippen molar-refractivity contribution in [3.8, 4) is 17.3 Å². The Morgan fingerprint density at radius 1 is 1.25 bits per heavy atom. The Morgan fingerprint density at radius 3 is 2.81 bits per heavy atom. The van der Waals surface area contributed by atoms with Crippen LogP contribution in [-0.2, 0) is 41.9 Å². The average molecular weight is 440 g/mol.